The third-order valence-electron chi connectivity index (χ3n) is 2.19. The van der Waals surface area contributed by atoms with Crippen LogP contribution in [0.15, 0.2) is 18.2 Å². The van der Waals surface area contributed by atoms with Gasteiger partial charge in [-0.3, -0.25) is 0 Å². The quantitative estimate of drug-likeness (QED) is 0.840. The molecule has 1 heterocycles. The first-order chi connectivity index (χ1) is 8.10. The third kappa shape index (κ3) is 2.65. The number of aryl methyl sites for hydroxylation is 1. The number of nitrogens with zero attached hydrogens (tertiary/aromatic N) is 3. The van der Waals surface area contributed by atoms with E-state index in [4.69, 9.17) is 27.9 Å². The summed E-state index contributed by atoms with van der Waals surface area (Å²) in [5.74, 6) is 0.460. The molecule has 1 aromatic heterocycles. The summed E-state index contributed by atoms with van der Waals surface area (Å²) in [7, 11) is 1.47. The van der Waals surface area contributed by atoms with Crippen molar-refractivity contribution in [1.82, 2.24) is 15.0 Å². The first-order valence-corrected chi connectivity index (χ1v) is 5.58. The van der Waals surface area contributed by atoms with Gasteiger partial charge in [0.15, 0.2) is 5.82 Å². The lowest BCUT2D eigenvalue weighted by molar-refractivity contribution is 0.379. The predicted octanol–water partition coefficient (Wildman–Crippen LogP) is 3.16. The summed E-state index contributed by atoms with van der Waals surface area (Å²) in [6.45, 7) is 1.91. The van der Waals surface area contributed by atoms with Crippen molar-refractivity contribution in [3.8, 4) is 17.4 Å². The van der Waals surface area contributed by atoms with Crippen molar-refractivity contribution >= 4 is 23.2 Å². The number of halogens is 2. The van der Waals surface area contributed by atoms with E-state index in [1.807, 2.05) is 19.1 Å². The first kappa shape index (κ1) is 12.1. The molecule has 1 aromatic carbocycles. The Morgan fingerprint density at radius 3 is 2.53 bits per heavy atom. The fraction of sp³-hybridized carbons (Fsp3) is 0.182. The van der Waals surface area contributed by atoms with Crippen LogP contribution in [-0.2, 0) is 0 Å². The van der Waals surface area contributed by atoms with Crippen LogP contribution < -0.4 is 4.74 Å². The Morgan fingerprint density at radius 2 is 1.88 bits per heavy atom. The maximum atomic E-state index is 5.95. The van der Waals surface area contributed by atoms with E-state index in [-0.39, 0.29) is 11.3 Å². The minimum Gasteiger partial charge on any atom is -0.467 e. The number of aromatic nitrogens is 3. The van der Waals surface area contributed by atoms with Crippen LogP contribution in [0.25, 0.3) is 11.4 Å². The summed E-state index contributed by atoms with van der Waals surface area (Å²) < 4.78 is 4.94. The molecule has 4 nitrogen and oxygen atoms in total. The van der Waals surface area contributed by atoms with Crippen LogP contribution in [0, 0.1) is 6.92 Å². The van der Waals surface area contributed by atoms with Crippen LogP contribution >= 0.6 is 23.2 Å². The van der Waals surface area contributed by atoms with Gasteiger partial charge in [-0.1, -0.05) is 11.6 Å². The van der Waals surface area contributed by atoms with Crippen molar-refractivity contribution in [3.63, 3.8) is 0 Å². The van der Waals surface area contributed by atoms with Gasteiger partial charge in [0, 0.05) is 10.6 Å². The molecule has 88 valence electrons. The lowest BCUT2D eigenvalue weighted by Crippen LogP contribution is -1.98. The van der Waals surface area contributed by atoms with Crippen molar-refractivity contribution in [2.45, 2.75) is 6.92 Å². The van der Waals surface area contributed by atoms with E-state index in [1.165, 1.54) is 7.11 Å². The number of benzene rings is 1. The zero-order chi connectivity index (χ0) is 12.4. The van der Waals surface area contributed by atoms with Crippen molar-refractivity contribution in [3.05, 3.63) is 34.1 Å². The molecule has 0 atom stereocenters. The molecular weight excluding hydrogens is 261 g/mol. The van der Waals surface area contributed by atoms with Crippen LogP contribution in [0.3, 0.4) is 0 Å². The van der Waals surface area contributed by atoms with Crippen molar-refractivity contribution < 1.29 is 4.74 Å². The average molecular weight is 270 g/mol. The largest absolute Gasteiger partial charge is 0.467 e. The smallest absolute Gasteiger partial charge is 0.321 e. The van der Waals surface area contributed by atoms with E-state index in [1.54, 1.807) is 6.07 Å². The molecule has 2 rings (SSSR count). The first-order valence-electron chi connectivity index (χ1n) is 4.82. The van der Waals surface area contributed by atoms with Gasteiger partial charge >= 0.3 is 6.01 Å². The molecule has 0 saturated heterocycles. The average Bonchev–Trinajstić information content (AvgIpc) is 2.32. The zero-order valence-electron chi connectivity index (χ0n) is 9.24. The van der Waals surface area contributed by atoms with E-state index in [9.17, 15) is 0 Å². The van der Waals surface area contributed by atoms with E-state index in [2.05, 4.69) is 15.0 Å². The number of ether oxygens (including phenoxy) is 1. The van der Waals surface area contributed by atoms with Crippen molar-refractivity contribution in [2.75, 3.05) is 7.11 Å². The molecule has 0 aliphatic rings. The van der Waals surface area contributed by atoms with Crippen LogP contribution in [0.1, 0.15) is 5.56 Å². The molecule has 0 N–H and O–H groups in total. The standard InChI is InChI=1S/C11H9Cl2N3O/c1-6-5-7(3-4-8(6)12)9-14-10(13)16-11(15-9)17-2/h3-5H,1-2H3. The second kappa shape index (κ2) is 4.85. The second-order valence-corrected chi connectivity index (χ2v) is 4.12. The Hall–Kier alpha value is -1.39. The Morgan fingerprint density at radius 1 is 1.12 bits per heavy atom. The lowest BCUT2D eigenvalue weighted by atomic mass is 10.1. The van der Waals surface area contributed by atoms with Crippen LogP contribution in [-0.4, -0.2) is 22.1 Å². The summed E-state index contributed by atoms with van der Waals surface area (Å²) >= 11 is 11.7. The highest BCUT2D eigenvalue weighted by molar-refractivity contribution is 6.31. The topological polar surface area (TPSA) is 47.9 Å². The molecule has 0 spiro atoms. The Bertz CT molecular complexity index is 560. The maximum absolute atomic E-state index is 5.95. The minimum atomic E-state index is 0.0967. The van der Waals surface area contributed by atoms with Crippen molar-refractivity contribution in [1.29, 1.82) is 0 Å². The fourth-order valence-electron chi connectivity index (χ4n) is 1.34. The van der Waals surface area contributed by atoms with Gasteiger partial charge in [-0.05, 0) is 42.3 Å². The molecule has 6 heteroatoms. The van der Waals surface area contributed by atoms with Crippen LogP contribution in [0.5, 0.6) is 6.01 Å². The molecule has 0 saturated carbocycles. The zero-order valence-corrected chi connectivity index (χ0v) is 10.7. The summed E-state index contributed by atoms with van der Waals surface area (Å²) in [6, 6.07) is 5.68. The molecular formula is C11H9Cl2N3O. The molecule has 2 aromatic rings. The number of rotatable bonds is 2. The maximum Gasteiger partial charge on any atom is 0.321 e. The predicted molar refractivity (Wildman–Crippen MR) is 66.6 cm³/mol. The SMILES string of the molecule is COc1nc(Cl)nc(-c2ccc(Cl)c(C)c2)n1. The van der Waals surface area contributed by atoms with E-state index in [0.29, 0.717) is 10.8 Å². The van der Waals surface area contributed by atoms with Gasteiger partial charge < -0.3 is 4.74 Å². The van der Waals surface area contributed by atoms with Crippen LogP contribution in [0.2, 0.25) is 10.3 Å². The Kier molecular flexibility index (Phi) is 3.45. The molecule has 0 bridgehead atoms. The van der Waals surface area contributed by atoms with Gasteiger partial charge in [0.2, 0.25) is 5.28 Å². The highest BCUT2D eigenvalue weighted by atomic mass is 35.5. The van der Waals surface area contributed by atoms with Gasteiger partial charge in [-0.25, -0.2) is 0 Å². The summed E-state index contributed by atoms with van der Waals surface area (Å²) in [4.78, 5) is 12.0. The van der Waals surface area contributed by atoms with Gasteiger partial charge in [0.25, 0.3) is 0 Å². The monoisotopic (exact) mass is 269 g/mol. The summed E-state index contributed by atoms with van der Waals surface area (Å²) in [5, 5.41) is 0.792. The normalized spacial score (nSPS) is 10.4. The van der Waals surface area contributed by atoms with Gasteiger partial charge in [0.05, 0.1) is 7.11 Å². The number of hydrogen-bond acceptors (Lipinski definition) is 4. The third-order valence-corrected chi connectivity index (χ3v) is 2.78. The number of hydrogen-bond donors (Lipinski definition) is 0. The van der Waals surface area contributed by atoms with Crippen LogP contribution in [0.4, 0.5) is 0 Å². The van der Waals surface area contributed by atoms with Crippen molar-refractivity contribution in [2.24, 2.45) is 0 Å². The second-order valence-electron chi connectivity index (χ2n) is 3.38. The molecule has 0 radical (unpaired) electrons. The molecule has 0 amide bonds. The van der Waals surface area contributed by atoms with Gasteiger partial charge in [-0.2, -0.15) is 15.0 Å². The van der Waals surface area contributed by atoms with Gasteiger partial charge in [0.1, 0.15) is 0 Å². The van der Waals surface area contributed by atoms with Gasteiger partial charge in [-0.15, -0.1) is 0 Å². The molecule has 0 aliphatic heterocycles. The van der Waals surface area contributed by atoms with E-state index in [0.717, 1.165) is 11.1 Å². The minimum absolute atomic E-state index is 0.0967. The molecule has 17 heavy (non-hydrogen) atoms. The summed E-state index contributed by atoms with van der Waals surface area (Å²) in [6.07, 6.45) is 0. The van der Waals surface area contributed by atoms with E-state index < -0.39 is 0 Å². The number of methoxy groups -OCH3 is 1. The molecule has 0 unspecified atom stereocenters. The highest BCUT2D eigenvalue weighted by Gasteiger charge is 2.08. The Labute approximate surface area is 109 Å². The fourth-order valence-corrected chi connectivity index (χ4v) is 1.61. The highest BCUT2D eigenvalue weighted by Crippen LogP contribution is 2.23. The van der Waals surface area contributed by atoms with E-state index >= 15 is 0 Å². The molecule has 0 fully saturated rings. The lowest BCUT2D eigenvalue weighted by Gasteiger charge is -2.04. The summed E-state index contributed by atoms with van der Waals surface area (Å²) in [5.41, 5.74) is 1.76. The molecule has 0 aliphatic carbocycles. The Balaban J connectivity index is 2.52.